The van der Waals surface area contributed by atoms with Crippen molar-refractivity contribution in [1.29, 1.82) is 0 Å². The molecular weight excluding hydrogens is 194 g/mol. The Balaban J connectivity index is 2.09. The lowest BCUT2D eigenvalue weighted by Gasteiger charge is -2.10. The molecule has 0 radical (unpaired) electrons. The lowest BCUT2D eigenvalue weighted by molar-refractivity contribution is 0.783. The molecule has 0 fully saturated rings. The zero-order chi connectivity index (χ0) is 10.7. The maximum absolute atomic E-state index is 5.53. The Bertz CT molecular complexity index is 424. The zero-order valence-electron chi connectivity index (χ0n) is 8.18. The molecule has 1 atom stereocenters. The second-order valence-electron chi connectivity index (χ2n) is 3.04. The molecule has 0 aliphatic heterocycles. The van der Waals surface area contributed by atoms with Crippen LogP contribution < -0.4 is 11.1 Å². The van der Waals surface area contributed by atoms with E-state index in [2.05, 4.69) is 30.5 Å². The first-order valence-corrected chi connectivity index (χ1v) is 4.46. The fourth-order valence-corrected chi connectivity index (χ4v) is 1.13. The third-order valence-electron chi connectivity index (χ3n) is 1.87. The van der Waals surface area contributed by atoms with Gasteiger partial charge in [-0.3, -0.25) is 5.10 Å². The summed E-state index contributed by atoms with van der Waals surface area (Å²) >= 11 is 0. The molecule has 0 amide bonds. The highest BCUT2D eigenvalue weighted by atomic mass is 15.2. The number of nitrogens with two attached hydrogens (primary N) is 1. The summed E-state index contributed by atoms with van der Waals surface area (Å²) in [6.45, 7) is 1.92. The van der Waals surface area contributed by atoms with Gasteiger partial charge in [0.1, 0.15) is 18.0 Å². The molecule has 0 saturated carbocycles. The molecule has 2 aromatic heterocycles. The maximum atomic E-state index is 5.53. The van der Waals surface area contributed by atoms with Crippen LogP contribution in [0.3, 0.4) is 0 Å². The highest BCUT2D eigenvalue weighted by Crippen LogP contribution is 2.11. The molecule has 78 valence electrons. The predicted molar refractivity (Wildman–Crippen MR) is 54.9 cm³/mol. The van der Waals surface area contributed by atoms with Crippen LogP contribution in [0.4, 0.5) is 11.8 Å². The Morgan fingerprint density at radius 1 is 1.47 bits per heavy atom. The Morgan fingerprint density at radius 2 is 2.33 bits per heavy atom. The Kier molecular flexibility index (Phi) is 2.44. The van der Waals surface area contributed by atoms with Gasteiger partial charge >= 0.3 is 0 Å². The summed E-state index contributed by atoms with van der Waals surface area (Å²) in [6.07, 6.45) is 3.05. The van der Waals surface area contributed by atoms with Crippen molar-refractivity contribution in [3.05, 3.63) is 24.4 Å². The van der Waals surface area contributed by atoms with Gasteiger partial charge < -0.3 is 11.1 Å². The number of aromatic nitrogens is 5. The van der Waals surface area contributed by atoms with Gasteiger partial charge in [-0.1, -0.05) is 0 Å². The molecule has 2 aromatic rings. The van der Waals surface area contributed by atoms with E-state index in [1.54, 1.807) is 12.3 Å². The van der Waals surface area contributed by atoms with Gasteiger partial charge in [0.2, 0.25) is 5.95 Å². The zero-order valence-corrected chi connectivity index (χ0v) is 8.18. The topological polar surface area (TPSA) is 105 Å². The van der Waals surface area contributed by atoms with Gasteiger partial charge in [-0.15, -0.1) is 0 Å². The van der Waals surface area contributed by atoms with E-state index in [1.807, 2.05) is 6.92 Å². The number of nitrogens with one attached hydrogen (secondary N) is 2. The summed E-state index contributed by atoms with van der Waals surface area (Å²) in [6, 6.07) is 1.58. The van der Waals surface area contributed by atoms with Crippen molar-refractivity contribution in [3.63, 3.8) is 0 Å². The van der Waals surface area contributed by atoms with E-state index in [4.69, 9.17) is 5.73 Å². The number of hydrogen-bond donors (Lipinski definition) is 3. The molecule has 4 N–H and O–H groups in total. The number of rotatable bonds is 3. The van der Waals surface area contributed by atoms with E-state index in [1.165, 1.54) is 6.33 Å². The van der Waals surface area contributed by atoms with E-state index in [0.29, 0.717) is 11.8 Å². The Hall–Kier alpha value is -2.18. The summed E-state index contributed by atoms with van der Waals surface area (Å²) in [5, 5.41) is 9.57. The summed E-state index contributed by atoms with van der Waals surface area (Å²) in [7, 11) is 0. The molecule has 2 rings (SSSR count). The second-order valence-corrected chi connectivity index (χ2v) is 3.04. The van der Waals surface area contributed by atoms with Crippen molar-refractivity contribution in [2.24, 2.45) is 0 Å². The number of nitrogen functional groups attached to an aromatic ring is 1. The number of hydrogen-bond acceptors (Lipinski definition) is 6. The minimum atomic E-state index is -0.0469. The molecule has 0 aliphatic carbocycles. The summed E-state index contributed by atoms with van der Waals surface area (Å²) in [5.41, 5.74) is 5.53. The van der Waals surface area contributed by atoms with Crippen LogP contribution in [0.25, 0.3) is 0 Å². The SMILES string of the molecule is CC(Nc1nccc(N)n1)c1ncn[nH]1. The third-order valence-corrected chi connectivity index (χ3v) is 1.87. The van der Waals surface area contributed by atoms with Crippen molar-refractivity contribution in [2.75, 3.05) is 11.1 Å². The quantitative estimate of drug-likeness (QED) is 0.667. The summed E-state index contributed by atoms with van der Waals surface area (Å²) in [4.78, 5) is 12.1. The van der Waals surface area contributed by atoms with Crippen LogP contribution in [0.2, 0.25) is 0 Å². The van der Waals surface area contributed by atoms with E-state index < -0.39 is 0 Å². The molecule has 15 heavy (non-hydrogen) atoms. The standard InChI is InChI=1S/C8H11N7/c1-5(7-11-4-12-15-7)13-8-10-3-2-6(9)14-8/h2-5H,1H3,(H,11,12,15)(H3,9,10,13,14). The number of H-pyrrole nitrogens is 1. The van der Waals surface area contributed by atoms with Crippen molar-refractivity contribution >= 4 is 11.8 Å². The van der Waals surface area contributed by atoms with E-state index >= 15 is 0 Å². The van der Waals surface area contributed by atoms with Crippen molar-refractivity contribution in [3.8, 4) is 0 Å². The van der Waals surface area contributed by atoms with Crippen LogP contribution in [0, 0.1) is 0 Å². The van der Waals surface area contributed by atoms with E-state index in [9.17, 15) is 0 Å². The van der Waals surface area contributed by atoms with Crippen LogP contribution >= 0.6 is 0 Å². The third kappa shape index (κ3) is 2.19. The van der Waals surface area contributed by atoms with Crippen LogP contribution in [-0.2, 0) is 0 Å². The minimum Gasteiger partial charge on any atom is -0.384 e. The van der Waals surface area contributed by atoms with E-state index in [0.717, 1.165) is 5.82 Å². The average molecular weight is 205 g/mol. The van der Waals surface area contributed by atoms with Gasteiger partial charge in [0.05, 0.1) is 6.04 Å². The fourth-order valence-electron chi connectivity index (χ4n) is 1.13. The normalized spacial score (nSPS) is 12.3. The molecule has 0 aliphatic rings. The molecule has 0 bridgehead atoms. The van der Waals surface area contributed by atoms with Crippen LogP contribution in [-0.4, -0.2) is 25.1 Å². The lowest BCUT2D eigenvalue weighted by Crippen LogP contribution is -2.11. The van der Waals surface area contributed by atoms with Crippen molar-refractivity contribution in [1.82, 2.24) is 25.1 Å². The largest absolute Gasteiger partial charge is 0.384 e. The number of anilines is 2. The van der Waals surface area contributed by atoms with Gasteiger partial charge in [-0.2, -0.15) is 10.1 Å². The first kappa shape index (κ1) is 9.38. The Labute approximate surface area is 86.2 Å². The average Bonchev–Trinajstić information content (AvgIpc) is 2.70. The molecule has 0 aromatic carbocycles. The van der Waals surface area contributed by atoms with Crippen LogP contribution in [0.5, 0.6) is 0 Å². The van der Waals surface area contributed by atoms with Gasteiger partial charge in [-0.25, -0.2) is 9.97 Å². The second kappa shape index (κ2) is 3.91. The predicted octanol–water partition coefficient (Wildman–Crippen LogP) is 0.350. The van der Waals surface area contributed by atoms with Gasteiger partial charge in [0.15, 0.2) is 0 Å². The molecule has 7 nitrogen and oxygen atoms in total. The van der Waals surface area contributed by atoms with E-state index in [-0.39, 0.29) is 6.04 Å². The molecule has 7 heteroatoms. The molecular formula is C8H11N7. The molecule has 2 heterocycles. The fraction of sp³-hybridized carbons (Fsp3) is 0.250. The van der Waals surface area contributed by atoms with Crippen molar-refractivity contribution < 1.29 is 0 Å². The summed E-state index contributed by atoms with van der Waals surface area (Å²) in [5.74, 6) is 1.62. The number of nitrogens with zero attached hydrogens (tertiary/aromatic N) is 4. The highest BCUT2D eigenvalue weighted by Gasteiger charge is 2.09. The summed E-state index contributed by atoms with van der Waals surface area (Å²) < 4.78 is 0. The maximum Gasteiger partial charge on any atom is 0.225 e. The monoisotopic (exact) mass is 205 g/mol. The smallest absolute Gasteiger partial charge is 0.225 e. The minimum absolute atomic E-state index is 0.0469. The highest BCUT2D eigenvalue weighted by molar-refractivity contribution is 5.36. The van der Waals surface area contributed by atoms with Crippen molar-refractivity contribution in [2.45, 2.75) is 13.0 Å². The van der Waals surface area contributed by atoms with Gasteiger partial charge in [-0.05, 0) is 13.0 Å². The van der Waals surface area contributed by atoms with Crippen LogP contribution in [0.15, 0.2) is 18.6 Å². The first-order valence-electron chi connectivity index (χ1n) is 4.46. The molecule has 0 saturated heterocycles. The van der Waals surface area contributed by atoms with Crippen LogP contribution in [0.1, 0.15) is 18.8 Å². The first-order chi connectivity index (χ1) is 7.25. The Morgan fingerprint density at radius 3 is 3.00 bits per heavy atom. The van der Waals surface area contributed by atoms with Gasteiger partial charge in [0.25, 0.3) is 0 Å². The molecule has 0 spiro atoms. The van der Waals surface area contributed by atoms with Gasteiger partial charge in [0, 0.05) is 6.20 Å². The lowest BCUT2D eigenvalue weighted by atomic mass is 10.3. The molecule has 1 unspecified atom stereocenters. The number of aromatic amines is 1.